The van der Waals surface area contributed by atoms with Gasteiger partial charge >= 0.3 is 0 Å². The largest absolute Gasteiger partial charge is 0.492 e. The molecule has 0 saturated carbocycles. The summed E-state index contributed by atoms with van der Waals surface area (Å²) in [6.07, 6.45) is 7.76. The number of benzene rings is 1. The van der Waals surface area contributed by atoms with Gasteiger partial charge in [-0.2, -0.15) is 0 Å². The summed E-state index contributed by atoms with van der Waals surface area (Å²) in [4.78, 5) is 16.8. The number of hydrogen-bond acceptors (Lipinski definition) is 4. The number of ether oxygens (including phenoxy) is 2. The molecule has 2 aliphatic heterocycles. The van der Waals surface area contributed by atoms with Gasteiger partial charge in [-0.3, -0.25) is 9.69 Å². The number of piperazine rings is 1. The lowest BCUT2D eigenvalue weighted by Gasteiger charge is -2.34. The van der Waals surface area contributed by atoms with Crippen LogP contribution < -0.4 is 4.74 Å². The smallest absolute Gasteiger partial charge is 0.222 e. The average Bonchev–Trinajstić information content (AvgIpc) is 3.38. The molecule has 1 atom stereocenters. The monoisotopic (exact) mass is 372 g/mol. The maximum atomic E-state index is 12.4. The number of carbonyl (C=O) groups is 1. The number of hydrogen-bond donors (Lipinski definition) is 0. The second kappa shape index (κ2) is 9.07. The maximum absolute atomic E-state index is 12.4. The molecule has 1 aromatic rings. The third-order valence-electron chi connectivity index (χ3n) is 6.18. The molecule has 2 fully saturated rings. The molecule has 1 aliphatic carbocycles. The van der Waals surface area contributed by atoms with Crippen molar-refractivity contribution in [3.05, 3.63) is 29.3 Å². The van der Waals surface area contributed by atoms with Gasteiger partial charge in [0.1, 0.15) is 12.4 Å². The highest BCUT2D eigenvalue weighted by molar-refractivity contribution is 5.76. The molecule has 1 aromatic carbocycles. The first-order chi connectivity index (χ1) is 13.3. The van der Waals surface area contributed by atoms with Crippen LogP contribution in [0.4, 0.5) is 0 Å². The van der Waals surface area contributed by atoms with Crippen molar-refractivity contribution in [1.82, 2.24) is 9.80 Å². The molecular formula is C22H32N2O3. The van der Waals surface area contributed by atoms with Gasteiger partial charge in [0.15, 0.2) is 0 Å². The molecule has 5 heteroatoms. The molecule has 0 aromatic heterocycles. The summed E-state index contributed by atoms with van der Waals surface area (Å²) in [6, 6.07) is 6.54. The fourth-order valence-electron chi connectivity index (χ4n) is 4.47. The Morgan fingerprint density at radius 3 is 2.78 bits per heavy atom. The first-order valence-corrected chi connectivity index (χ1v) is 10.6. The van der Waals surface area contributed by atoms with Crippen LogP contribution >= 0.6 is 0 Å². The van der Waals surface area contributed by atoms with Crippen molar-refractivity contribution in [2.24, 2.45) is 0 Å². The van der Waals surface area contributed by atoms with Gasteiger partial charge in [-0.05, 0) is 61.8 Å². The highest BCUT2D eigenvalue weighted by Crippen LogP contribution is 2.26. The van der Waals surface area contributed by atoms with E-state index in [1.807, 2.05) is 4.90 Å². The van der Waals surface area contributed by atoms with Gasteiger partial charge in [-0.25, -0.2) is 0 Å². The first kappa shape index (κ1) is 18.8. The molecule has 27 heavy (non-hydrogen) atoms. The Labute approximate surface area is 162 Å². The molecule has 2 saturated heterocycles. The van der Waals surface area contributed by atoms with E-state index in [0.717, 1.165) is 64.3 Å². The van der Waals surface area contributed by atoms with Gasteiger partial charge in [0.05, 0.1) is 6.10 Å². The lowest BCUT2D eigenvalue weighted by atomic mass is 10.1. The van der Waals surface area contributed by atoms with Crippen molar-refractivity contribution < 1.29 is 14.3 Å². The summed E-state index contributed by atoms with van der Waals surface area (Å²) in [5.41, 5.74) is 2.95. The first-order valence-electron chi connectivity index (χ1n) is 10.6. The van der Waals surface area contributed by atoms with Crippen LogP contribution in [0.1, 0.15) is 43.2 Å². The van der Waals surface area contributed by atoms with E-state index in [4.69, 9.17) is 9.47 Å². The zero-order chi connectivity index (χ0) is 18.5. The maximum Gasteiger partial charge on any atom is 0.222 e. The quantitative estimate of drug-likeness (QED) is 0.738. The van der Waals surface area contributed by atoms with Crippen LogP contribution in [0.5, 0.6) is 5.75 Å². The van der Waals surface area contributed by atoms with Gasteiger partial charge < -0.3 is 14.4 Å². The molecule has 0 bridgehead atoms. The van der Waals surface area contributed by atoms with E-state index >= 15 is 0 Å². The average molecular weight is 373 g/mol. The topological polar surface area (TPSA) is 42.0 Å². The van der Waals surface area contributed by atoms with Crippen molar-refractivity contribution >= 4 is 5.91 Å². The highest BCUT2D eigenvalue weighted by Gasteiger charge is 2.23. The Bertz CT molecular complexity index is 634. The minimum Gasteiger partial charge on any atom is -0.492 e. The van der Waals surface area contributed by atoms with Crippen LogP contribution in [-0.4, -0.2) is 67.7 Å². The van der Waals surface area contributed by atoms with E-state index in [0.29, 0.717) is 25.0 Å². The number of rotatable bonds is 7. The van der Waals surface area contributed by atoms with E-state index in [2.05, 4.69) is 23.1 Å². The summed E-state index contributed by atoms with van der Waals surface area (Å²) < 4.78 is 11.6. The highest BCUT2D eigenvalue weighted by atomic mass is 16.5. The molecule has 0 radical (unpaired) electrons. The van der Waals surface area contributed by atoms with Crippen molar-refractivity contribution in [3.8, 4) is 5.75 Å². The van der Waals surface area contributed by atoms with Crippen LogP contribution in [0.25, 0.3) is 0 Å². The van der Waals surface area contributed by atoms with Gasteiger partial charge in [0.2, 0.25) is 5.91 Å². The van der Waals surface area contributed by atoms with Crippen LogP contribution in [-0.2, 0) is 22.4 Å². The second-order valence-electron chi connectivity index (χ2n) is 8.03. The van der Waals surface area contributed by atoms with Crippen LogP contribution in [0.3, 0.4) is 0 Å². The van der Waals surface area contributed by atoms with E-state index in [9.17, 15) is 4.79 Å². The van der Waals surface area contributed by atoms with Gasteiger partial charge in [0, 0.05) is 45.8 Å². The van der Waals surface area contributed by atoms with E-state index < -0.39 is 0 Å². The van der Waals surface area contributed by atoms with Crippen molar-refractivity contribution in [3.63, 3.8) is 0 Å². The molecule has 3 aliphatic rings. The number of amides is 1. The molecule has 1 amide bonds. The Kier molecular flexibility index (Phi) is 6.30. The normalized spacial score (nSPS) is 22.8. The fraction of sp³-hybridized carbons (Fsp3) is 0.682. The number of nitrogens with zero attached hydrogens (tertiary/aromatic N) is 2. The van der Waals surface area contributed by atoms with Crippen LogP contribution in [0.15, 0.2) is 18.2 Å². The van der Waals surface area contributed by atoms with Crippen molar-refractivity contribution in [2.45, 2.75) is 51.0 Å². The third-order valence-corrected chi connectivity index (χ3v) is 6.18. The van der Waals surface area contributed by atoms with E-state index in [-0.39, 0.29) is 0 Å². The van der Waals surface area contributed by atoms with Crippen molar-refractivity contribution in [2.75, 3.05) is 45.9 Å². The molecule has 2 heterocycles. The number of carbonyl (C=O) groups excluding carboxylic acids is 1. The summed E-state index contributed by atoms with van der Waals surface area (Å²) in [6.45, 7) is 6.07. The van der Waals surface area contributed by atoms with E-state index in [1.165, 1.54) is 30.4 Å². The summed E-state index contributed by atoms with van der Waals surface area (Å²) in [7, 11) is 0. The summed E-state index contributed by atoms with van der Waals surface area (Å²) >= 11 is 0. The Morgan fingerprint density at radius 2 is 1.96 bits per heavy atom. The Hall–Kier alpha value is -1.59. The predicted molar refractivity (Wildman–Crippen MR) is 105 cm³/mol. The standard InChI is InChI=1S/C22H32N2O3/c25-22(9-8-20-5-2-15-26-20)24-12-10-23(11-13-24)14-16-27-21-7-6-18-3-1-4-19(18)17-21/h6-7,17,20H,1-5,8-16H2. The minimum atomic E-state index is 0.291. The zero-order valence-electron chi connectivity index (χ0n) is 16.3. The van der Waals surface area contributed by atoms with E-state index in [1.54, 1.807) is 0 Å². The van der Waals surface area contributed by atoms with Crippen LogP contribution in [0.2, 0.25) is 0 Å². The SMILES string of the molecule is O=C(CCC1CCCO1)N1CCN(CCOc2ccc3c(c2)CCC3)CC1. The third kappa shape index (κ3) is 5.02. The van der Waals surface area contributed by atoms with Gasteiger partial charge in [-0.1, -0.05) is 6.07 Å². The lowest BCUT2D eigenvalue weighted by Crippen LogP contribution is -2.49. The van der Waals surface area contributed by atoms with Crippen LogP contribution in [0, 0.1) is 0 Å². The molecule has 5 nitrogen and oxygen atoms in total. The Morgan fingerprint density at radius 1 is 1.11 bits per heavy atom. The number of aryl methyl sites for hydroxylation is 2. The fourth-order valence-corrected chi connectivity index (χ4v) is 4.47. The zero-order valence-corrected chi connectivity index (χ0v) is 16.3. The summed E-state index contributed by atoms with van der Waals surface area (Å²) in [5.74, 6) is 1.29. The molecule has 0 N–H and O–H groups in total. The van der Waals surface area contributed by atoms with Crippen molar-refractivity contribution in [1.29, 1.82) is 0 Å². The molecular weight excluding hydrogens is 340 g/mol. The molecule has 1 unspecified atom stereocenters. The van der Waals surface area contributed by atoms with Gasteiger partial charge in [0.25, 0.3) is 0 Å². The number of fused-ring (bicyclic) bond motifs is 1. The molecule has 0 spiro atoms. The minimum absolute atomic E-state index is 0.291. The molecule has 4 rings (SSSR count). The Balaban J connectivity index is 1.13. The summed E-state index contributed by atoms with van der Waals surface area (Å²) in [5, 5.41) is 0. The second-order valence-corrected chi connectivity index (χ2v) is 8.03. The predicted octanol–water partition coefficient (Wildman–Crippen LogP) is 2.66. The molecule has 148 valence electrons. The van der Waals surface area contributed by atoms with Gasteiger partial charge in [-0.15, -0.1) is 0 Å². The lowest BCUT2D eigenvalue weighted by molar-refractivity contribution is -0.133.